The molecule has 0 aliphatic carbocycles. The fraction of sp³-hybridized carbons (Fsp3) is 0.167. The van der Waals surface area contributed by atoms with Gasteiger partial charge in [0, 0.05) is 0 Å². The molecule has 4 heteroatoms. The highest BCUT2D eigenvalue weighted by Crippen LogP contribution is 2.29. The largest absolute Gasteiger partial charge is 0.497 e. The molecule has 0 bridgehead atoms. The second-order valence-electron chi connectivity index (χ2n) is 4.60. The van der Waals surface area contributed by atoms with Crippen LogP contribution in [0.15, 0.2) is 55.1 Å². The van der Waals surface area contributed by atoms with Crippen LogP contribution in [-0.2, 0) is 6.42 Å². The average molecular weight is 298 g/mol. The van der Waals surface area contributed by atoms with Crippen molar-refractivity contribution in [1.82, 2.24) is 0 Å². The van der Waals surface area contributed by atoms with E-state index in [4.69, 9.17) is 14.2 Å². The van der Waals surface area contributed by atoms with E-state index in [0.717, 1.165) is 12.0 Å². The van der Waals surface area contributed by atoms with Gasteiger partial charge in [0.2, 0.25) is 0 Å². The summed E-state index contributed by atoms with van der Waals surface area (Å²) in [6.07, 6.45) is 2.52. The van der Waals surface area contributed by atoms with Crippen LogP contribution in [-0.4, -0.2) is 20.2 Å². The number of carbonyl (C=O) groups is 1. The molecule has 4 nitrogen and oxygen atoms in total. The zero-order valence-corrected chi connectivity index (χ0v) is 12.7. The average Bonchev–Trinajstić information content (AvgIpc) is 2.56. The van der Waals surface area contributed by atoms with Gasteiger partial charge in [-0.05, 0) is 42.3 Å². The molecule has 0 heterocycles. The zero-order valence-electron chi connectivity index (χ0n) is 12.7. The third kappa shape index (κ3) is 3.67. The molecule has 0 unspecified atom stereocenters. The molecular weight excluding hydrogens is 280 g/mol. The van der Waals surface area contributed by atoms with Crippen LogP contribution in [0.25, 0.3) is 0 Å². The van der Waals surface area contributed by atoms with Crippen molar-refractivity contribution in [3.8, 4) is 17.2 Å². The maximum atomic E-state index is 12.2. The predicted molar refractivity (Wildman–Crippen MR) is 84.8 cm³/mol. The molecule has 0 aromatic heterocycles. The van der Waals surface area contributed by atoms with Gasteiger partial charge in [0.05, 0.1) is 19.8 Å². The second-order valence-corrected chi connectivity index (χ2v) is 4.60. The summed E-state index contributed by atoms with van der Waals surface area (Å²) < 4.78 is 15.8. The van der Waals surface area contributed by atoms with Crippen molar-refractivity contribution in [2.24, 2.45) is 0 Å². The van der Waals surface area contributed by atoms with E-state index >= 15 is 0 Å². The Labute approximate surface area is 129 Å². The van der Waals surface area contributed by atoms with Crippen molar-refractivity contribution in [1.29, 1.82) is 0 Å². The van der Waals surface area contributed by atoms with E-state index in [-0.39, 0.29) is 0 Å². The normalized spacial score (nSPS) is 9.91. The molecule has 2 aromatic carbocycles. The summed E-state index contributed by atoms with van der Waals surface area (Å²) in [5, 5.41) is 0. The van der Waals surface area contributed by atoms with Gasteiger partial charge in [-0.25, -0.2) is 4.79 Å². The van der Waals surface area contributed by atoms with Crippen LogP contribution in [0.4, 0.5) is 0 Å². The Kier molecular flexibility index (Phi) is 5.20. The van der Waals surface area contributed by atoms with Crippen LogP contribution in [0, 0.1) is 0 Å². The van der Waals surface area contributed by atoms with Gasteiger partial charge >= 0.3 is 5.97 Å². The Bertz CT molecular complexity index is 677. The molecular formula is C18H18O4. The number of benzene rings is 2. The number of carbonyl (C=O) groups excluding carboxylic acids is 1. The van der Waals surface area contributed by atoms with Crippen LogP contribution in [0.5, 0.6) is 17.2 Å². The number of methoxy groups -OCH3 is 2. The lowest BCUT2D eigenvalue weighted by Crippen LogP contribution is -2.09. The molecule has 114 valence electrons. The Morgan fingerprint density at radius 3 is 2.59 bits per heavy atom. The summed E-state index contributed by atoms with van der Waals surface area (Å²) in [7, 11) is 3.09. The highest BCUT2D eigenvalue weighted by molar-refractivity contribution is 5.91. The number of allylic oxidation sites excluding steroid dienone is 1. The molecule has 0 atom stereocenters. The van der Waals surface area contributed by atoms with E-state index in [1.54, 1.807) is 43.5 Å². The van der Waals surface area contributed by atoms with Crippen molar-refractivity contribution < 1.29 is 19.0 Å². The molecule has 0 spiro atoms. The first-order valence-corrected chi connectivity index (χ1v) is 6.82. The molecule has 0 aliphatic rings. The van der Waals surface area contributed by atoms with Crippen LogP contribution in [0.3, 0.4) is 0 Å². The third-order valence-corrected chi connectivity index (χ3v) is 3.12. The maximum absolute atomic E-state index is 12.2. The quantitative estimate of drug-likeness (QED) is 0.464. The van der Waals surface area contributed by atoms with Crippen molar-refractivity contribution in [3.05, 3.63) is 66.2 Å². The molecule has 2 aromatic rings. The molecule has 0 amide bonds. The molecule has 0 saturated carbocycles. The topological polar surface area (TPSA) is 44.8 Å². The standard InChI is InChI=1S/C18H18O4/c1-4-6-13-9-10-16(17(11-13)21-3)22-18(19)14-7-5-8-15(12-14)20-2/h4-5,7-12H,1,6H2,2-3H3. The van der Waals surface area contributed by atoms with Gasteiger partial charge in [-0.1, -0.05) is 18.2 Å². The first-order chi connectivity index (χ1) is 10.7. The second kappa shape index (κ2) is 7.31. The molecule has 0 radical (unpaired) electrons. The zero-order chi connectivity index (χ0) is 15.9. The molecule has 0 fully saturated rings. The number of rotatable bonds is 6. The van der Waals surface area contributed by atoms with E-state index < -0.39 is 5.97 Å². The fourth-order valence-electron chi connectivity index (χ4n) is 2.00. The van der Waals surface area contributed by atoms with E-state index in [2.05, 4.69) is 6.58 Å². The third-order valence-electron chi connectivity index (χ3n) is 3.12. The van der Waals surface area contributed by atoms with E-state index in [0.29, 0.717) is 22.8 Å². The monoisotopic (exact) mass is 298 g/mol. The maximum Gasteiger partial charge on any atom is 0.343 e. The summed E-state index contributed by atoms with van der Waals surface area (Å²) in [6, 6.07) is 12.2. The Morgan fingerprint density at radius 2 is 1.91 bits per heavy atom. The van der Waals surface area contributed by atoms with Gasteiger partial charge in [-0.3, -0.25) is 0 Å². The van der Waals surface area contributed by atoms with Crippen molar-refractivity contribution >= 4 is 5.97 Å². The van der Waals surface area contributed by atoms with Gasteiger partial charge in [0.1, 0.15) is 5.75 Å². The minimum Gasteiger partial charge on any atom is -0.497 e. The van der Waals surface area contributed by atoms with E-state index in [1.807, 2.05) is 12.1 Å². The Hall–Kier alpha value is -2.75. The highest BCUT2D eigenvalue weighted by Gasteiger charge is 2.13. The summed E-state index contributed by atoms with van der Waals surface area (Å²) in [5.41, 5.74) is 1.45. The lowest BCUT2D eigenvalue weighted by molar-refractivity contribution is 0.0729. The number of hydrogen-bond acceptors (Lipinski definition) is 4. The smallest absolute Gasteiger partial charge is 0.343 e. The van der Waals surface area contributed by atoms with Crippen molar-refractivity contribution in [3.63, 3.8) is 0 Å². The SMILES string of the molecule is C=CCc1ccc(OC(=O)c2cccc(OC)c2)c(OC)c1. The summed E-state index contributed by atoms with van der Waals surface area (Å²) >= 11 is 0. The summed E-state index contributed by atoms with van der Waals surface area (Å²) in [6.45, 7) is 3.70. The van der Waals surface area contributed by atoms with E-state index in [1.165, 1.54) is 7.11 Å². The highest BCUT2D eigenvalue weighted by atomic mass is 16.6. The van der Waals surface area contributed by atoms with Crippen LogP contribution >= 0.6 is 0 Å². The lowest BCUT2D eigenvalue weighted by Gasteiger charge is -2.11. The lowest BCUT2D eigenvalue weighted by atomic mass is 10.1. The molecule has 22 heavy (non-hydrogen) atoms. The van der Waals surface area contributed by atoms with Gasteiger partial charge in [-0.15, -0.1) is 6.58 Å². The molecule has 0 N–H and O–H groups in total. The van der Waals surface area contributed by atoms with Gasteiger partial charge in [0.25, 0.3) is 0 Å². The van der Waals surface area contributed by atoms with Crippen molar-refractivity contribution in [2.45, 2.75) is 6.42 Å². The number of hydrogen-bond donors (Lipinski definition) is 0. The predicted octanol–water partition coefficient (Wildman–Crippen LogP) is 3.65. The Balaban J connectivity index is 2.21. The first-order valence-electron chi connectivity index (χ1n) is 6.82. The number of esters is 1. The molecule has 2 rings (SSSR count). The van der Waals surface area contributed by atoms with Gasteiger partial charge < -0.3 is 14.2 Å². The molecule has 0 saturated heterocycles. The minimum atomic E-state index is -0.464. The minimum absolute atomic E-state index is 0.378. The van der Waals surface area contributed by atoms with Crippen molar-refractivity contribution in [2.75, 3.05) is 14.2 Å². The van der Waals surface area contributed by atoms with Crippen LogP contribution in [0.1, 0.15) is 15.9 Å². The molecule has 0 aliphatic heterocycles. The fourth-order valence-corrected chi connectivity index (χ4v) is 2.00. The van der Waals surface area contributed by atoms with Gasteiger partial charge in [0.15, 0.2) is 11.5 Å². The first kappa shape index (κ1) is 15.6. The van der Waals surface area contributed by atoms with E-state index in [9.17, 15) is 4.79 Å². The van der Waals surface area contributed by atoms with Crippen LogP contribution < -0.4 is 14.2 Å². The van der Waals surface area contributed by atoms with Gasteiger partial charge in [-0.2, -0.15) is 0 Å². The number of ether oxygens (including phenoxy) is 3. The summed E-state index contributed by atoms with van der Waals surface area (Å²) in [4.78, 5) is 12.2. The summed E-state index contributed by atoms with van der Waals surface area (Å²) in [5.74, 6) is 1.02. The van der Waals surface area contributed by atoms with Crippen LogP contribution in [0.2, 0.25) is 0 Å². The Morgan fingerprint density at radius 1 is 1.09 bits per heavy atom.